The first kappa shape index (κ1) is 17.3. The van der Waals surface area contributed by atoms with Crippen LogP contribution in [0.5, 0.6) is 0 Å². The molecular formula is C17H20N4O4S. The van der Waals surface area contributed by atoms with Crippen LogP contribution in [-0.4, -0.2) is 82.0 Å². The lowest BCUT2D eigenvalue weighted by Crippen LogP contribution is -2.61. The molecule has 4 rings (SSSR count). The van der Waals surface area contributed by atoms with Gasteiger partial charge < -0.3 is 19.3 Å². The van der Waals surface area contributed by atoms with Crippen LogP contribution in [0.1, 0.15) is 17.3 Å². The van der Waals surface area contributed by atoms with Crippen LogP contribution < -0.4 is 0 Å². The van der Waals surface area contributed by atoms with Gasteiger partial charge in [0.1, 0.15) is 11.0 Å². The molecule has 1 atom stereocenters. The first-order valence-electron chi connectivity index (χ1n) is 8.59. The molecule has 0 unspecified atom stereocenters. The van der Waals surface area contributed by atoms with Crippen molar-refractivity contribution in [2.75, 3.05) is 46.0 Å². The van der Waals surface area contributed by atoms with Gasteiger partial charge in [0.15, 0.2) is 5.60 Å². The minimum Gasteiger partial charge on any atom is -0.378 e. The fourth-order valence-corrected chi connectivity index (χ4v) is 3.89. The molecule has 0 spiro atoms. The highest BCUT2D eigenvalue weighted by atomic mass is 32.1. The van der Waals surface area contributed by atoms with E-state index in [0.29, 0.717) is 50.5 Å². The van der Waals surface area contributed by atoms with E-state index in [-0.39, 0.29) is 18.4 Å². The molecule has 0 aliphatic carbocycles. The van der Waals surface area contributed by atoms with Gasteiger partial charge in [0.05, 0.1) is 38.1 Å². The SMILES string of the molecule is C[C@@]1(C(=O)N2CCOCC2)CN(C(=O)c2ccc3nsnc3c2)CCO1. The van der Waals surface area contributed by atoms with Crippen LogP contribution in [0.15, 0.2) is 18.2 Å². The van der Waals surface area contributed by atoms with Gasteiger partial charge in [-0.2, -0.15) is 8.75 Å². The van der Waals surface area contributed by atoms with E-state index < -0.39 is 5.60 Å². The Morgan fingerprint density at radius 3 is 2.62 bits per heavy atom. The van der Waals surface area contributed by atoms with E-state index in [1.165, 1.54) is 0 Å². The zero-order chi connectivity index (χ0) is 18.1. The van der Waals surface area contributed by atoms with Crippen LogP contribution in [0.2, 0.25) is 0 Å². The molecule has 0 bridgehead atoms. The summed E-state index contributed by atoms with van der Waals surface area (Å²) in [6.07, 6.45) is 0. The van der Waals surface area contributed by atoms with Gasteiger partial charge in [-0.05, 0) is 25.1 Å². The smallest absolute Gasteiger partial charge is 0.256 e. The Morgan fingerprint density at radius 2 is 1.81 bits per heavy atom. The largest absolute Gasteiger partial charge is 0.378 e. The van der Waals surface area contributed by atoms with Crippen molar-refractivity contribution in [1.82, 2.24) is 18.5 Å². The highest BCUT2D eigenvalue weighted by molar-refractivity contribution is 7.00. The molecule has 0 radical (unpaired) electrons. The molecule has 0 saturated carbocycles. The van der Waals surface area contributed by atoms with Crippen molar-refractivity contribution in [2.45, 2.75) is 12.5 Å². The van der Waals surface area contributed by atoms with Crippen molar-refractivity contribution in [3.63, 3.8) is 0 Å². The predicted molar refractivity (Wildman–Crippen MR) is 95.1 cm³/mol. The molecule has 9 heteroatoms. The lowest BCUT2D eigenvalue weighted by molar-refractivity contribution is -0.168. The second-order valence-corrected chi connectivity index (χ2v) is 7.21. The minimum absolute atomic E-state index is 0.0857. The third-order valence-corrected chi connectivity index (χ3v) is 5.37. The quantitative estimate of drug-likeness (QED) is 0.770. The maximum atomic E-state index is 12.9. The van der Waals surface area contributed by atoms with Crippen molar-refractivity contribution in [2.24, 2.45) is 0 Å². The van der Waals surface area contributed by atoms with Gasteiger partial charge in [-0.25, -0.2) is 0 Å². The first-order chi connectivity index (χ1) is 12.6. The number of benzene rings is 1. The zero-order valence-electron chi connectivity index (χ0n) is 14.5. The minimum atomic E-state index is -1.03. The van der Waals surface area contributed by atoms with Gasteiger partial charge in [-0.1, -0.05) is 0 Å². The molecule has 1 aromatic heterocycles. The number of ether oxygens (including phenoxy) is 2. The average Bonchev–Trinajstić information content (AvgIpc) is 3.15. The molecule has 2 aliphatic heterocycles. The van der Waals surface area contributed by atoms with Crippen molar-refractivity contribution in [3.05, 3.63) is 23.8 Å². The van der Waals surface area contributed by atoms with E-state index in [4.69, 9.17) is 9.47 Å². The van der Waals surface area contributed by atoms with E-state index in [0.717, 1.165) is 17.2 Å². The maximum absolute atomic E-state index is 12.9. The van der Waals surface area contributed by atoms with Gasteiger partial charge in [0.2, 0.25) is 0 Å². The second-order valence-electron chi connectivity index (χ2n) is 6.68. The van der Waals surface area contributed by atoms with E-state index in [2.05, 4.69) is 8.75 Å². The Morgan fingerprint density at radius 1 is 1.08 bits per heavy atom. The average molecular weight is 376 g/mol. The van der Waals surface area contributed by atoms with Crippen LogP contribution in [0.4, 0.5) is 0 Å². The number of aromatic nitrogens is 2. The molecule has 26 heavy (non-hydrogen) atoms. The summed E-state index contributed by atoms with van der Waals surface area (Å²) in [6.45, 7) is 4.96. The highest BCUT2D eigenvalue weighted by Crippen LogP contribution is 2.23. The summed E-state index contributed by atoms with van der Waals surface area (Å²) in [7, 11) is 0. The predicted octanol–water partition coefficient (Wildman–Crippen LogP) is 0.781. The molecule has 138 valence electrons. The number of amides is 2. The fourth-order valence-electron chi connectivity index (χ4n) is 3.37. The zero-order valence-corrected chi connectivity index (χ0v) is 15.3. The molecule has 2 aromatic rings. The van der Waals surface area contributed by atoms with Gasteiger partial charge in [-0.15, -0.1) is 0 Å². The molecule has 2 fully saturated rings. The topological polar surface area (TPSA) is 84.9 Å². The fraction of sp³-hybridized carbons (Fsp3) is 0.529. The molecule has 2 aliphatic rings. The summed E-state index contributed by atoms with van der Waals surface area (Å²) in [4.78, 5) is 29.3. The molecule has 2 saturated heterocycles. The normalized spacial score (nSPS) is 24.0. The van der Waals surface area contributed by atoms with Crippen LogP contribution in [0.25, 0.3) is 11.0 Å². The van der Waals surface area contributed by atoms with Crippen LogP contribution in [0, 0.1) is 0 Å². The standard InChI is InChI=1S/C17H20N4O4S/c1-17(16(23)20-4-7-24-8-5-20)11-21(6-9-25-17)15(22)12-2-3-13-14(10-12)19-26-18-13/h2-3,10H,4-9,11H2,1H3/t17-/m0/s1. The number of hydrogen-bond donors (Lipinski definition) is 0. The molecular weight excluding hydrogens is 356 g/mol. The van der Waals surface area contributed by atoms with Gasteiger partial charge in [-0.3, -0.25) is 9.59 Å². The summed E-state index contributed by atoms with van der Waals surface area (Å²) < 4.78 is 19.5. The lowest BCUT2D eigenvalue weighted by Gasteiger charge is -2.42. The summed E-state index contributed by atoms with van der Waals surface area (Å²) in [5.41, 5.74) is 1.01. The molecule has 0 N–H and O–H groups in total. The Hall–Kier alpha value is -2.10. The maximum Gasteiger partial charge on any atom is 0.256 e. The summed E-state index contributed by atoms with van der Waals surface area (Å²) >= 11 is 1.12. The number of rotatable bonds is 2. The van der Waals surface area contributed by atoms with Gasteiger partial charge in [0, 0.05) is 25.2 Å². The summed E-state index contributed by atoms with van der Waals surface area (Å²) in [5, 5.41) is 0. The van der Waals surface area contributed by atoms with Gasteiger partial charge in [0.25, 0.3) is 11.8 Å². The number of hydrogen-bond acceptors (Lipinski definition) is 7. The number of carbonyl (C=O) groups is 2. The summed E-state index contributed by atoms with van der Waals surface area (Å²) in [6, 6.07) is 5.30. The Bertz CT molecular complexity index is 835. The van der Waals surface area contributed by atoms with Crippen LogP contribution >= 0.6 is 11.7 Å². The lowest BCUT2D eigenvalue weighted by atomic mass is 10.0. The van der Waals surface area contributed by atoms with Gasteiger partial charge >= 0.3 is 0 Å². The molecule has 1 aromatic carbocycles. The molecule has 2 amide bonds. The van der Waals surface area contributed by atoms with E-state index >= 15 is 0 Å². The van der Waals surface area contributed by atoms with Crippen LogP contribution in [0.3, 0.4) is 0 Å². The highest BCUT2D eigenvalue weighted by Gasteiger charge is 2.43. The third kappa shape index (κ3) is 3.17. The molecule has 3 heterocycles. The van der Waals surface area contributed by atoms with E-state index in [1.807, 2.05) is 0 Å². The first-order valence-corrected chi connectivity index (χ1v) is 9.32. The van der Waals surface area contributed by atoms with Crippen LogP contribution in [-0.2, 0) is 14.3 Å². The second kappa shape index (κ2) is 6.90. The Balaban J connectivity index is 1.51. The van der Waals surface area contributed by atoms with Crippen molar-refractivity contribution in [3.8, 4) is 0 Å². The Labute approximate surface area is 155 Å². The summed E-state index contributed by atoms with van der Waals surface area (Å²) in [5.74, 6) is -0.207. The van der Waals surface area contributed by atoms with Crippen molar-refractivity contribution >= 4 is 34.6 Å². The number of fused-ring (bicyclic) bond motifs is 1. The number of morpholine rings is 2. The van der Waals surface area contributed by atoms with E-state index in [9.17, 15) is 9.59 Å². The third-order valence-electron chi connectivity index (χ3n) is 4.81. The van der Waals surface area contributed by atoms with E-state index in [1.54, 1.807) is 34.9 Å². The number of nitrogens with zero attached hydrogens (tertiary/aromatic N) is 4. The van der Waals surface area contributed by atoms with Crippen molar-refractivity contribution in [1.29, 1.82) is 0 Å². The number of carbonyl (C=O) groups excluding carboxylic acids is 2. The Kier molecular flexibility index (Phi) is 4.60. The molecule has 8 nitrogen and oxygen atoms in total. The van der Waals surface area contributed by atoms with Crippen molar-refractivity contribution < 1.29 is 19.1 Å². The monoisotopic (exact) mass is 376 g/mol.